The molecule has 1 aromatic heterocycles. The number of carboxylic acids is 1. The van der Waals surface area contributed by atoms with Crippen molar-refractivity contribution in [3.05, 3.63) is 107 Å². The molecule has 0 saturated carbocycles. The first-order valence-corrected chi connectivity index (χ1v) is 10.0. The van der Waals surface area contributed by atoms with Crippen molar-refractivity contribution in [3.63, 3.8) is 0 Å². The van der Waals surface area contributed by atoms with E-state index in [0.29, 0.717) is 17.2 Å². The highest BCUT2D eigenvalue weighted by molar-refractivity contribution is 6.06. The van der Waals surface area contributed by atoms with Gasteiger partial charge in [-0.05, 0) is 42.3 Å². The molecule has 0 radical (unpaired) electrons. The van der Waals surface area contributed by atoms with E-state index in [2.05, 4.69) is 15.3 Å². The van der Waals surface area contributed by atoms with Crippen molar-refractivity contribution in [2.24, 2.45) is 0 Å². The molecule has 0 saturated heterocycles. The van der Waals surface area contributed by atoms with Gasteiger partial charge in [0.25, 0.3) is 5.91 Å². The molecule has 158 valence electrons. The Morgan fingerprint density at radius 2 is 1.69 bits per heavy atom. The van der Waals surface area contributed by atoms with Crippen molar-refractivity contribution in [1.29, 1.82) is 0 Å². The molecule has 0 aliphatic heterocycles. The number of anilines is 1. The van der Waals surface area contributed by atoms with Gasteiger partial charge in [0, 0.05) is 11.3 Å². The zero-order valence-electron chi connectivity index (χ0n) is 17.4. The monoisotopic (exact) mass is 423 g/mol. The molecule has 0 fully saturated rings. The Balaban J connectivity index is 1.71. The number of imidazole rings is 1. The van der Waals surface area contributed by atoms with Gasteiger partial charge in [-0.15, -0.1) is 0 Å². The fourth-order valence-corrected chi connectivity index (χ4v) is 3.31. The van der Waals surface area contributed by atoms with Gasteiger partial charge in [0.15, 0.2) is 5.69 Å². The number of nitrogens with zero attached hydrogens (tertiary/aromatic N) is 1. The predicted octanol–water partition coefficient (Wildman–Crippen LogP) is 5.51. The molecule has 1 amide bonds. The van der Waals surface area contributed by atoms with Crippen LogP contribution in [-0.4, -0.2) is 27.0 Å². The molecule has 0 aliphatic rings. The summed E-state index contributed by atoms with van der Waals surface area (Å²) in [6, 6.07) is 23.6. The minimum atomic E-state index is -1.06. The van der Waals surface area contributed by atoms with Crippen LogP contribution in [0.1, 0.15) is 37.7 Å². The molecular formula is C26H21N3O3. The number of carbonyl (C=O) groups excluding carboxylic acids is 1. The van der Waals surface area contributed by atoms with Gasteiger partial charge in [0.2, 0.25) is 0 Å². The van der Waals surface area contributed by atoms with Gasteiger partial charge >= 0.3 is 5.97 Å². The van der Waals surface area contributed by atoms with Crippen LogP contribution in [0, 0.1) is 6.92 Å². The van der Waals surface area contributed by atoms with Gasteiger partial charge in [-0.2, -0.15) is 0 Å². The summed E-state index contributed by atoms with van der Waals surface area (Å²) in [6.45, 7) is 1.98. The van der Waals surface area contributed by atoms with E-state index in [0.717, 1.165) is 16.7 Å². The lowest BCUT2D eigenvalue weighted by Crippen LogP contribution is -2.14. The summed E-state index contributed by atoms with van der Waals surface area (Å²) in [4.78, 5) is 32.1. The van der Waals surface area contributed by atoms with Gasteiger partial charge in [-0.25, -0.2) is 9.78 Å². The SMILES string of the molecule is Cc1ccccc1-c1nc(C(=O)Nc2cccc(C(=O)O)c2)c(C=Cc2ccccc2)[nH]1. The van der Waals surface area contributed by atoms with Gasteiger partial charge in [0.1, 0.15) is 5.82 Å². The zero-order chi connectivity index (χ0) is 22.5. The molecule has 0 atom stereocenters. The van der Waals surface area contributed by atoms with Crippen molar-refractivity contribution < 1.29 is 14.7 Å². The van der Waals surface area contributed by atoms with E-state index in [9.17, 15) is 14.7 Å². The molecule has 1 heterocycles. The lowest BCUT2D eigenvalue weighted by Gasteiger charge is -2.05. The first-order valence-electron chi connectivity index (χ1n) is 10.0. The predicted molar refractivity (Wildman–Crippen MR) is 125 cm³/mol. The summed E-state index contributed by atoms with van der Waals surface area (Å²) in [5.41, 5.74) is 4.16. The average Bonchev–Trinajstić information content (AvgIpc) is 3.23. The quantitative estimate of drug-likeness (QED) is 0.381. The highest BCUT2D eigenvalue weighted by Crippen LogP contribution is 2.24. The van der Waals surface area contributed by atoms with Crippen molar-refractivity contribution in [1.82, 2.24) is 9.97 Å². The third kappa shape index (κ3) is 4.65. The molecule has 4 rings (SSSR count). The largest absolute Gasteiger partial charge is 0.478 e. The lowest BCUT2D eigenvalue weighted by molar-refractivity contribution is 0.0696. The highest BCUT2D eigenvalue weighted by atomic mass is 16.4. The second-order valence-electron chi connectivity index (χ2n) is 7.25. The number of aryl methyl sites for hydroxylation is 1. The third-order valence-electron chi connectivity index (χ3n) is 4.96. The van der Waals surface area contributed by atoms with E-state index >= 15 is 0 Å². The summed E-state index contributed by atoms with van der Waals surface area (Å²) >= 11 is 0. The molecular weight excluding hydrogens is 402 g/mol. The fourth-order valence-electron chi connectivity index (χ4n) is 3.31. The molecule has 6 heteroatoms. The number of benzene rings is 3. The van der Waals surface area contributed by atoms with Crippen LogP contribution in [0.4, 0.5) is 5.69 Å². The van der Waals surface area contributed by atoms with Crippen molar-refractivity contribution in [2.75, 3.05) is 5.32 Å². The number of aromatic carboxylic acids is 1. The number of H-pyrrole nitrogens is 1. The summed E-state index contributed by atoms with van der Waals surface area (Å²) in [5, 5.41) is 12.0. The minimum Gasteiger partial charge on any atom is -0.478 e. The van der Waals surface area contributed by atoms with E-state index in [-0.39, 0.29) is 11.3 Å². The van der Waals surface area contributed by atoms with Crippen LogP contribution < -0.4 is 5.32 Å². The molecule has 0 bridgehead atoms. The number of carboxylic acid groups (broad SMARTS) is 1. The fraction of sp³-hybridized carbons (Fsp3) is 0.0385. The molecule has 0 aliphatic carbocycles. The van der Waals surface area contributed by atoms with E-state index in [1.165, 1.54) is 12.1 Å². The average molecular weight is 423 g/mol. The number of nitrogens with one attached hydrogen (secondary N) is 2. The van der Waals surface area contributed by atoms with Crippen LogP contribution in [0.2, 0.25) is 0 Å². The maximum Gasteiger partial charge on any atom is 0.335 e. The van der Waals surface area contributed by atoms with Crippen molar-refractivity contribution >= 4 is 29.7 Å². The van der Waals surface area contributed by atoms with Gasteiger partial charge < -0.3 is 15.4 Å². The number of hydrogen-bond acceptors (Lipinski definition) is 3. The Morgan fingerprint density at radius 3 is 2.44 bits per heavy atom. The second-order valence-corrected chi connectivity index (χ2v) is 7.25. The summed E-state index contributed by atoms with van der Waals surface area (Å²) < 4.78 is 0. The number of aromatic amines is 1. The molecule has 0 spiro atoms. The van der Waals surface area contributed by atoms with Crippen LogP contribution >= 0.6 is 0 Å². The molecule has 3 aromatic carbocycles. The molecule has 3 N–H and O–H groups in total. The Kier molecular flexibility index (Phi) is 5.94. The van der Waals surface area contributed by atoms with Gasteiger partial charge in [0.05, 0.1) is 11.3 Å². The second kappa shape index (κ2) is 9.14. The lowest BCUT2D eigenvalue weighted by atomic mass is 10.1. The maximum absolute atomic E-state index is 13.1. The first kappa shape index (κ1) is 20.8. The standard InChI is InChI=1S/C26H21N3O3/c1-17-8-5-6-13-21(17)24-28-22(15-14-18-9-3-2-4-10-18)23(29-24)25(30)27-20-12-7-11-19(16-20)26(31)32/h2-16H,1H3,(H,27,30)(H,28,29)(H,31,32). The minimum absolute atomic E-state index is 0.0922. The molecule has 32 heavy (non-hydrogen) atoms. The Bertz CT molecular complexity index is 1310. The number of hydrogen-bond donors (Lipinski definition) is 3. The molecule has 4 aromatic rings. The third-order valence-corrected chi connectivity index (χ3v) is 4.96. The normalized spacial score (nSPS) is 10.9. The first-order chi connectivity index (χ1) is 15.5. The van der Waals surface area contributed by atoms with Crippen molar-refractivity contribution in [3.8, 4) is 11.4 Å². The van der Waals surface area contributed by atoms with E-state index in [1.54, 1.807) is 12.1 Å². The Labute approximate surface area is 185 Å². The summed E-state index contributed by atoms with van der Waals surface area (Å²) in [6.07, 6.45) is 3.71. The van der Waals surface area contributed by atoms with Crippen LogP contribution in [0.25, 0.3) is 23.5 Å². The number of rotatable bonds is 6. The highest BCUT2D eigenvalue weighted by Gasteiger charge is 2.18. The summed E-state index contributed by atoms with van der Waals surface area (Å²) in [7, 11) is 0. The van der Waals surface area contributed by atoms with Gasteiger partial charge in [-0.3, -0.25) is 4.79 Å². The van der Waals surface area contributed by atoms with Crippen LogP contribution in [-0.2, 0) is 0 Å². The van der Waals surface area contributed by atoms with Gasteiger partial charge in [-0.1, -0.05) is 66.7 Å². The van der Waals surface area contributed by atoms with Crippen LogP contribution in [0.15, 0.2) is 78.9 Å². The van der Waals surface area contributed by atoms with E-state index in [1.807, 2.05) is 73.7 Å². The number of amides is 1. The maximum atomic E-state index is 13.1. The topological polar surface area (TPSA) is 95.1 Å². The number of aromatic nitrogens is 2. The molecule has 0 unspecified atom stereocenters. The number of carbonyl (C=O) groups is 2. The Hall–Kier alpha value is -4.45. The summed E-state index contributed by atoms with van der Waals surface area (Å²) in [5.74, 6) is -0.911. The van der Waals surface area contributed by atoms with Crippen LogP contribution in [0.5, 0.6) is 0 Å². The van der Waals surface area contributed by atoms with Crippen LogP contribution in [0.3, 0.4) is 0 Å². The van der Waals surface area contributed by atoms with Crippen molar-refractivity contribution in [2.45, 2.75) is 6.92 Å². The Morgan fingerprint density at radius 1 is 0.938 bits per heavy atom. The molecule has 6 nitrogen and oxygen atoms in total. The zero-order valence-corrected chi connectivity index (χ0v) is 17.4. The smallest absolute Gasteiger partial charge is 0.335 e. The van der Waals surface area contributed by atoms with E-state index in [4.69, 9.17) is 0 Å². The van der Waals surface area contributed by atoms with E-state index < -0.39 is 11.9 Å².